The number of likely N-dealkylation sites (tertiary alicyclic amines) is 1. The average Bonchev–Trinajstić information content (AvgIpc) is 3.30. The van der Waals surface area contributed by atoms with E-state index in [9.17, 15) is 14.3 Å². The summed E-state index contributed by atoms with van der Waals surface area (Å²) in [4.78, 5) is 27.6. The molecule has 220 valence electrons. The normalized spacial score (nSPS) is 18.5. The van der Waals surface area contributed by atoms with Gasteiger partial charge in [-0.1, -0.05) is 0 Å². The van der Waals surface area contributed by atoms with E-state index in [1.54, 1.807) is 30.5 Å². The van der Waals surface area contributed by atoms with Crippen LogP contribution in [0.2, 0.25) is 0 Å². The zero-order valence-electron chi connectivity index (χ0n) is 22.9. The Bertz CT molecular complexity index is 1590. The molecule has 6 rings (SSSR count). The van der Waals surface area contributed by atoms with Crippen LogP contribution in [-0.4, -0.2) is 67.4 Å². The van der Waals surface area contributed by atoms with Gasteiger partial charge in [-0.3, -0.25) is 4.90 Å². The van der Waals surface area contributed by atoms with Crippen LogP contribution in [0.3, 0.4) is 0 Å². The van der Waals surface area contributed by atoms with Crippen molar-refractivity contribution in [1.82, 2.24) is 24.4 Å². The number of aromatic carboxylic acids is 1. The average molecular weight is 595 g/mol. The molecule has 2 aromatic heterocycles. The van der Waals surface area contributed by atoms with E-state index in [2.05, 4.69) is 28.7 Å². The molecule has 2 saturated heterocycles. The molecule has 0 amide bonds. The van der Waals surface area contributed by atoms with Gasteiger partial charge in [-0.25, -0.2) is 19.2 Å². The molecule has 1 unspecified atom stereocenters. The Morgan fingerprint density at radius 1 is 1.17 bits per heavy atom. The number of halogens is 1. The van der Waals surface area contributed by atoms with Crippen LogP contribution in [0.15, 0.2) is 48.7 Å². The van der Waals surface area contributed by atoms with Crippen LogP contribution in [-0.2, 0) is 17.9 Å². The fourth-order valence-electron chi connectivity index (χ4n) is 5.27. The van der Waals surface area contributed by atoms with Crippen LogP contribution in [0, 0.1) is 5.82 Å². The number of ether oxygens (including phenoxy) is 3. The van der Waals surface area contributed by atoms with Crippen LogP contribution < -0.4 is 15.2 Å². The zero-order chi connectivity index (χ0) is 29.2. The summed E-state index contributed by atoms with van der Waals surface area (Å²) in [7, 11) is 2.86. The predicted octanol–water partition coefficient (Wildman–Crippen LogP) is 4.03. The van der Waals surface area contributed by atoms with Gasteiger partial charge in [0.25, 0.3) is 0 Å². The number of nitrogen functional groups attached to an aromatic ring is 1. The number of carboxylic acid groups (broad SMARTS) is 1. The molecule has 0 spiro atoms. The van der Waals surface area contributed by atoms with Crippen LogP contribution in [0.1, 0.15) is 47.1 Å². The van der Waals surface area contributed by atoms with Gasteiger partial charge in [-0.05, 0) is 49.6 Å². The molecule has 13 heteroatoms. The Labute approximate surface area is 244 Å². The molecule has 2 aliphatic rings. The smallest absolute Gasteiger partial charge is 0.335 e. The predicted molar refractivity (Wildman–Crippen MR) is 156 cm³/mol. The Hall–Kier alpha value is -3.86. The quantitative estimate of drug-likeness (QED) is 0.204. The molecule has 0 saturated carbocycles. The minimum absolute atomic E-state index is 0.00698. The first-order valence-electron chi connectivity index (χ1n) is 13.8. The highest BCUT2D eigenvalue weighted by molar-refractivity contribution is 7.16. The Kier molecular flexibility index (Phi) is 8.19. The Morgan fingerprint density at radius 3 is 2.69 bits per heavy atom. The lowest BCUT2D eigenvalue weighted by molar-refractivity contribution is -0.0617. The second-order valence-electron chi connectivity index (χ2n) is 10.5. The van der Waals surface area contributed by atoms with Crippen molar-refractivity contribution in [3.63, 3.8) is 0 Å². The number of carboxylic acids is 1. The van der Waals surface area contributed by atoms with E-state index in [4.69, 9.17) is 24.9 Å². The highest BCUT2D eigenvalue weighted by Crippen LogP contribution is 2.35. The van der Waals surface area contributed by atoms with Crippen LogP contribution in [0.4, 0.5) is 10.1 Å². The number of fused-ring (bicyclic) bond motifs is 1. The first-order chi connectivity index (χ1) is 20.3. The summed E-state index contributed by atoms with van der Waals surface area (Å²) in [5, 5.41) is 9.54. The molecule has 2 aromatic carbocycles. The molecule has 0 aliphatic carbocycles. The van der Waals surface area contributed by atoms with Gasteiger partial charge in [-0.15, -0.1) is 9.24 Å². The second-order valence-corrected chi connectivity index (χ2v) is 11.2. The number of rotatable bonds is 10. The number of anilines is 1. The number of hydrogen-bond acceptors (Lipinski definition) is 9. The first-order valence-corrected chi connectivity index (χ1v) is 14.5. The van der Waals surface area contributed by atoms with Crippen molar-refractivity contribution < 1.29 is 28.5 Å². The van der Waals surface area contributed by atoms with E-state index in [1.165, 1.54) is 18.2 Å². The van der Waals surface area contributed by atoms with E-state index in [1.807, 2.05) is 0 Å². The second kappa shape index (κ2) is 12.2. The SMILES string of the molecule is Nc1cc(F)ccc1OCc1nccc(OC2CCN(Cc3nc4ccc(C(=O)O)cc4n3[C@H](P)[C@@H]3CCO3)CC2)n1. The van der Waals surface area contributed by atoms with Crippen molar-refractivity contribution in [3.05, 3.63) is 71.7 Å². The molecule has 4 aromatic rings. The molecule has 11 nitrogen and oxygen atoms in total. The standard InChI is InChI=1S/C29H32FN6O5P/c30-18-2-4-23(20(31)14-18)40-16-25-32-9-5-27(34-25)41-19-6-10-35(11-7-19)15-26-33-21-3-1-17(29(37)38)13-22(21)36(26)28(42)24-8-12-39-24/h1-5,9,13-14,19,24,28H,6-8,10-12,15-16,31,42H2,(H,37,38)/t24-,28+/m0/s1. The van der Waals surface area contributed by atoms with Gasteiger partial charge < -0.3 is 29.6 Å². The summed E-state index contributed by atoms with van der Waals surface area (Å²) in [5.41, 5.74) is 7.82. The fraction of sp³-hybridized carbons (Fsp3) is 0.379. The zero-order valence-corrected chi connectivity index (χ0v) is 24.0. The molecule has 42 heavy (non-hydrogen) atoms. The fourth-order valence-corrected chi connectivity index (χ4v) is 5.91. The van der Waals surface area contributed by atoms with Gasteiger partial charge in [0, 0.05) is 38.0 Å². The number of benzene rings is 2. The molecule has 0 bridgehead atoms. The van der Waals surface area contributed by atoms with Gasteiger partial charge in [0.15, 0.2) is 5.82 Å². The highest BCUT2D eigenvalue weighted by Gasteiger charge is 2.31. The van der Waals surface area contributed by atoms with Gasteiger partial charge in [-0.2, -0.15) is 4.98 Å². The summed E-state index contributed by atoms with van der Waals surface area (Å²) in [6.45, 7) is 3.04. The third kappa shape index (κ3) is 6.16. The summed E-state index contributed by atoms with van der Waals surface area (Å²) in [5.74, 6) is 0.709. The van der Waals surface area contributed by atoms with Crippen molar-refractivity contribution in [2.45, 2.75) is 50.4 Å². The molecule has 3 atom stereocenters. The van der Waals surface area contributed by atoms with E-state index in [-0.39, 0.29) is 35.8 Å². The first kappa shape index (κ1) is 28.3. The topological polar surface area (TPSA) is 138 Å². The molecular formula is C29H32FN6O5P. The number of piperidine rings is 1. The van der Waals surface area contributed by atoms with Gasteiger partial charge in [0.2, 0.25) is 5.88 Å². The lowest BCUT2D eigenvalue weighted by Gasteiger charge is -2.35. The van der Waals surface area contributed by atoms with Crippen molar-refractivity contribution in [3.8, 4) is 11.6 Å². The van der Waals surface area contributed by atoms with Gasteiger partial charge in [0.05, 0.1) is 40.7 Å². The maximum atomic E-state index is 13.3. The largest absolute Gasteiger partial charge is 0.483 e. The molecule has 0 radical (unpaired) electrons. The lowest BCUT2D eigenvalue weighted by Crippen LogP contribution is -2.39. The molecule has 2 fully saturated rings. The minimum atomic E-state index is -0.964. The van der Waals surface area contributed by atoms with E-state index >= 15 is 0 Å². The number of carbonyl (C=O) groups is 1. The molecule has 2 aliphatic heterocycles. The van der Waals surface area contributed by atoms with Gasteiger partial charge >= 0.3 is 5.97 Å². The van der Waals surface area contributed by atoms with Crippen molar-refractivity contribution in [2.24, 2.45) is 0 Å². The Morgan fingerprint density at radius 2 is 1.98 bits per heavy atom. The highest BCUT2D eigenvalue weighted by atomic mass is 31.0. The lowest BCUT2D eigenvalue weighted by atomic mass is 10.1. The number of nitrogens with zero attached hydrogens (tertiary/aromatic N) is 5. The van der Waals surface area contributed by atoms with Crippen LogP contribution >= 0.6 is 9.24 Å². The molecule has 3 N–H and O–H groups in total. The number of hydrogen-bond donors (Lipinski definition) is 2. The van der Waals surface area contributed by atoms with Crippen molar-refractivity contribution in [2.75, 3.05) is 25.4 Å². The van der Waals surface area contributed by atoms with E-state index in [0.717, 1.165) is 55.8 Å². The number of aromatic nitrogens is 4. The van der Waals surface area contributed by atoms with Gasteiger partial charge in [0.1, 0.15) is 30.1 Å². The van der Waals surface area contributed by atoms with Crippen LogP contribution in [0.25, 0.3) is 11.0 Å². The Balaban J connectivity index is 1.08. The molecular weight excluding hydrogens is 562 g/mol. The summed E-state index contributed by atoms with van der Waals surface area (Å²) in [6, 6.07) is 10.7. The summed E-state index contributed by atoms with van der Waals surface area (Å²) in [6.07, 6.45) is 4.23. The number of imidazole rings is 1. The monoisotopic (exact) mass is 594 g/mol. The summed E-state index contributed by atoms with van der Waals surface area (Å²) < 4.78 is 33.0. The maximum absolute atomic E-state index is 13.3. The maximum Gasteiger partial charge on any atom is 0.335 e. The van der Waals surface area contributed by atoms with Crippen molar-refractivity contribution >= 4 is 31.9 Å². The third-order valence-corrected chi connectivity index (χ3v) is 8.35. The third-order valence-electron chi connectivity index (χ3n) is 7.62. The minimum Gasteiger partial charge on any atom is -0.483 e. The van der Waals surface area contributed by atoms with Crippen LogP contribution in [0.5, 0.6) is 11.6 Å². The van der Waals surface area contributed by atoms with E-state index < -0.39 is 11.8 Å². The number of nitrogens with two attached hydrogens (primary N) is 1. The molecule has 4 heterocycles. The summed E-state index contributed by atoms with van der Waals surface area (Å²) >= 11 is 0. The van der Waals surface area contributed by atoms with E-state index in [0.29, 0.717) is 24.0 Å². The van der Waals surface area contributed by atoms with Crippen molar-refractivity contribution in [1.29, 1.82) is 0 Å².